The number of hydrogen-bond donors (Lipinski definition) is 4. The molecular formula is C16H27N5O2. The minimum absolute atomic E-state index is 1.28. The molecule has 7 nitrogen and oxygen atoms in total. The van der Waals surface area contributed by atoms with Crippen LogP contribution in [0.25, 0.3) is 0 Å². The molecule has 1 aromatic rings. The van der Waals surface area contributed by atoms with Crippen LogP contribution in [0.1, 0.15) is 87.0 Å². The number of aromatic nitrogens is 2. The molecule has 0 saturated heterocycles. The minimum Gasteiger partial charge on any atom is -0.393 e. The summed E-state index contributed by atoms with van der Waals surface area (Å²) < 4.78 is 175. The molecule has 23 heavy (non-hydrogen) atoms. The van der Waals surface area contributed by atoms with Crippen LogP contribution in [-0.4, -0.2) is 38.6 Å². The first kappa shape index (κ1) is 4.39. The van der Waals surface area contributed by atoms with Crippen molar-refractivity contribution in [3.05, 3.63) is 17.2 Å². The highest BCUT2D eigenvalue weighted by Crippen LogP contribution is 2.25. The monoisotopic (exact) mass is 343 g/mol. The Balaban J connectivity index is 3.19. The topological polar surface area (TPSA) is 116 Å². The van der Waals surface area contributed by atoms with Crippen molar-refractivity contribution in [3.63, 3.8) is 0 Å². The fourth-order valence-electron chi connectivity index (χ4n) is 1.41. The number of H-pyrrole nitrogens is 1. The van der Waals surface area contributed by atoms with Gasteiger partial charge >= 0.3 is 0 Å². The van der Waals surface area contributed by atoms with Crippen LogP contribution in [0.4, 0.5) is 5.95 Å². The molecule has 0 radical (unpaired) electrons. The number of hydrogen-bond acceptors (Lipinski definition) is 5. The van der Waals surface area contributed by atoms with Gasteiger partial charge in [0.25, 0.3) is 5.91 Å². The van der Waals surface area contributed by atoms with Crippen molar-refractivity contribution in [2.45, 2.75) is 64.2 Å². The molecule has 0 spiro atoms. The minimum atomic E-state index is -4.55. The predicted octanol–water partition coefficient (Wildman–Crippen LogP) is 1.17. The van der Waals surface area contributed by atoms with E-state index in [-0.39, 0.29) is 0 Å². The molecule has 3 atom stereocenters. The first-order chi connectivity index (χ1) is 19.4. The zero-order chi connectivity index (χ0) is 36.2. The molecule has 5 N–H and O–H groups in total. The Morgan fingerprint density at radius 3 is 3.13 bits per heavy atom. The average Bonchev–Trinajstić information content (AvgIpc) is 2.76. The number of carbonyl (C=O) groups is 1. The van der Waals surface area contributed by atoms with Crippen LogP contribution < -0.4 is 16.5 Å². The molecule has 128 valence electrons. The molecule has 0 aliphatic heterocycles. The van der Waals surface area contributed by atoms with Crippen LogP contribution in [0.3, 0.4) is 0 Å². The summed E-state index contributed by atoms with van der Waals surface area (Å²) in [5, 5.41) is 12.5. The SMILES string of the molecule is [2H]c1nc(NC(C([2H])([2H])[2H])(C([2H])([2H])[2H])C([2H])([2H])[2H])[nH]c(=NC2([2H])C([2H])([2H])C([2H])([2H])C([2H])(C([2H])([2H])[2H])C([2H])(O)C2([2H])[2H])c1C(N)=O. The van der Waals surface area contributed by atoms with Crippen LogP contribution in [0.5, 0.6) is 0 Å². The summed E-state index contributed by atoms with van der Waals surface area (Å²) in [5.41, 5.74) is -1.45. The Kier molecular flexibility index (Phi) is 1.28. The number of amides is 1. The first-order valence-electron chi connectivity index (χ1n) is 16.9. The van der Waals surface area contributed by atoms with E-state index in [2.05, 4.69) is 9.98 Å². The second-order valence-corrected chi connectivity index (χ2v) is 4.22. The zero-order valence-electron chi connectivity index (χ0n) is 33.3. The quantitative estimate of drug-likeness (QED) is 0.659. The van der Waals surface area contributed by atoms with E-state index in [4.69, 9.17) is 35.9 Å². The summed E-state index contributed by atoms with van der Waals surface area (Å²) in [6.45, 7) is -15.9. The van der Waals surface area contributed by atoms with Gasteiger partial charge in [0.1, 0.15) is 5.49 Å². The Bertz CT molecular complexity index is 1350. The third-order valence-corrected chi connectivity index (χ3v) is 2.31. The Morgan fingerprint density at radius 1 is 1.70 bits per heavy atom. The van der Waals surface area contributed by atoms with Gasteiger partial charge in [-0.25, -0.2) is 4.98 Å². The molecule has 1 fully saturated rings. The van der Waals surface area contributed by atoms with Gasteiger partial charge in [-0.3, -0.25) is 9.79 Å². The number of rotatable bonds is 3. The smallest absolute Gasteiger partial charge is 0.254 e. The molecule has 0 aromatic carbocycles. The summed E-state index contributed by atoms with van der Waals surface area (Å²) >= 11 is 0. The van der Waals surface area contributed by atoms with Gasteiger partial charge in [-0.05, 0) is 45.6 Å². The van der Waals surface area contributed by atoms with Crippen LogP contribution >= 0.6 is 0 Å². The highest BCUT2D eigenvalue weighted by atomic mass is 16.3. The summed E-state index contributed by atoms with van der Waals surface area (Å²) in [5.74, 6) is -7.39. The van der Waals surface area contributed by atoms with Gasteiger partial charge in [-0.2, -0.15) is 0 Å². The van der Waals surface area contributed by atoms with Gasteiger partial charge in [0.2, 0.25) is 5.95 Å². The van der Waals surface area contributed by atoms with Gasteiger partial charge in [-0.15, -0.1) is 0 Å². The molecule has 1 saturated carbocycles. The van der Waals surface area contributed by atoms with Crippen molar-refractivity contribution in [1.82, 2.24) is 9.97 Å². The van der Waals surface area contributed by atoms with E-state index in [9.17, 15) is 9.90 Å². The fraction of sp³-hybridized carbons (Fsp3) is 0.688. The van der Waals surface area contributed by atoms with Crippen LogP contribution in [-0.2, 0) is 0 Å². The molecule has 7 heteroatoms. The van der Waals surface area contributed by atoms with Gasteiger partial charge < -0.3 is 21.1 Å². The number of nitrogens with two attached hydrogens (primary N) is 1. The molecule has 1 amide bonds. The Morgan fingerprint density at radius 2 is 2.48 bits per heavy atom. The normalized spacial score (nSPS) is 58.6. The number of nitrogens with zero attached hydrogens (tertiary/aromatic N) is 2. The Hall–Kier alpha value is -1.89. The van der Waals surface area contributed by atoms with Crippen molar-refractivity contribution in [1.29, 1.82) is 0 Å². The molecule has 1 aliphatic carbocycles. The molecule has 3 unspecified atom stereocenters. The molecule has 1 aliphatic rings. The predicted molar refractivity (Wildman–Crippen MR) is 88.9 cm³/mol. The highest BCUT2D eigenvalue weighted by molar-refractivity contribution is 5.92. The second-order valence-electron chi connectivity index (χ2n) is 4.22. The molecular weight excluding hydrogens is 294 g/mol. The van der Waals surface area contributed by atoms with E-state index in [0.29, 0.717) is 0 Å². The lowest BCUT2D eigenvalue weighted by Crippen LogP contribution is -2.34. The number of anilines is 1. The van der Waals surface area contributed by atoms with E-state index in [1.54, 1.807) is 5.32 Å². The van der Waals surface area contributed by atoms with Gasteiger partial charge in [0.15, 0.2) is 0 Å². The van der Waals surface area contributed by atoms with Crippen molar-refractivity contribution in [3.8, 4) is 0 Å². The second kappa shape index (κ2) is 6.70. The van der Waals surface area contributed by atoms with Crippen LogP contribution in [0.15, 0.2) is 11.2 Å². The standard InChI is InChI=1S/C16H27N5O2/c1-9-5-6-10(7-12(9)22)19-14-11(13(17)23)8-18-15(20-14)21-16(2,3)4/h8-10,12,22H,5-7H2,1-4H3,(H2,17,23)(H2,18,19,20,21)/i1D3,2D3,3D3,4D3,5D2,6D2,7D2,8D,9D,10D,12D. The largest absolute Gasteiger partial charge is 0.393 e. The molecule has 2 rings (SSSR count). The lowest BCUT2D eigenvalue weighted by atomic mass is 9.85. The van der Waals surface area contributed by atoms with Crippen molar-refractivity contribution in [2.75, 3.05) is 5.32 Å². The number of aromatic amines is 1. The summed E-state index contributed by atoms with van der Waals surface area (Å²) in [6.07, 6.45) is -19.0. The summed E-state index contributed by atoms with van der Waals surface area (Å²) in [6, 6.07) is -4.29. The van der Waals surface area contributed by atoms with E-state index in [1.807, 2.05) is 4.98 Å². The Labute approximate surface area is 167 Å². The maximum Gasteiger partial charge on any atom is 0.254 e. The van der Waals surface area contributed by atoms with Crippen LogP contribution in [0, 0.1) is 5.89 Å². The van der Waals surface area contributed by atoms with Crippen molar-refractivity contribution < 1.29 is 40.1 Å². The lowest BCUT2D eigenvalue weighted by molar-refractivity contribution is 0.0704. The number of carbonyl (C=O) groups excluding carboxylic acids is 1. The number of nitrogens with one attached hydrogen (secondary N) is 2. The molecule has 0 bridgehead atoms. The first-order valence-corrected chi connectivity index (χ1v) is 5.86. The number of primary amides is 1. The van der Waals surface area contributed by atoms with E-state index in [0.717, 1.165) is 0 Å². The van der Waals surface area contributed by atoms with E-state index < -0.39 is 99.1 Å². The van der Waals surface area contributed by atoms with Crippen molar-refractivity contribution >= 4 is 11.9 Å². The highest BCUT2D eigenvalue weighted by Gasteiger charge is 2.26. The third kappa shape index (κ3) is 4.79. The van der Waals surface area contributed by atoms with Gasteiger partial charge in [0.05, 0.1) is 21.8 Å². The van der Waals surface area contributed by atoms with Gasteiger partial charge in [0, 0.05) is 37.8 Å². The third-order valence-electron chi connectivity index (χ3n) is 2.31. The fourth-order valence-corrected chi connectivity index (χ4v) is 1.41. The summed E-state index contributed by atoms with van der Waals surface area (Å²) in [4.78, 5) is 20.7. The van der Waals surface area contributed by atoms with Crippen molar-refractivity contribution in [2.24, 2.45) is 16.6 Å². The maximum atomic E-state index is 12.3. The zero-order valence-corrected chi connectivity index (χ0v) is 11.3. The maximum absolute atomic E-state index is 12.3. The average molecular weight is 344 g/mol. The molecule has 1 aromatic heterocycles. The number of aliphatic hydroxyl groups is 1. The van der Waals surface area contributed by atoms with E-state index in [1.165, 1.54) is 0 Å². The lowest BCUT2D eigenvalue weighted by Gasteiger charge is -2.28. The summed E-state index contributed by atoms with van der Waals surface area (Å²) in [7, 11) is 0. The van der Waals surface area contributed by atoms with Gasteiger partial charge in [-0.1, -0.05) is 6.85 Å². The molecule has 1 heterocycles. The van der Waals surface area contributed by atoms with Crippen LogP contribution in [0.2, 0.25) is 0 Å². The van der Waals surface area contributed by atoms with E-state index >= 15 is 0 Å².